The third kappa shape index (κ3) is 2.68. The van der Waals surface area contributed by atoms with Gasteiger partial charge >= 0.3 is 5.97 Å². The zero-order valence-corrected chi connectivity index (χ0v) is 11.4. The number of thioether (sulfide) groups is 1. The van der Waals surface area contributed by atoms with E-state index in [1.54, 1.807) is 11.8 Å². The van der Waals surface area contributed by atoms with Crippen LogP contribution in [0.1, 0.15) is 43.8 Å². The van der Waals surface area contributed by atoms with Gasteiger partial charge in [0.15, 0.2) is 5.82 Å². The fraction of sp³-hybridized carbons (Fsp3) is 0.750. The maximum absolute atomic E-state index is 11.3. The summed E-state index contributed by atoms with van der Waals surface area (Å²) in [7, 11) is 0. The van der Waals surface area contributed by atoms with E-state index < -0.39 is 5.97 Å². The van der Waals surface area contributed by atoms with E-state index in [9.17, 15) is 9.90 Å². The quantitative estimate of drug-likeness (QED) is 0.886. The Balaban J connectivity index is 2.16. The number of carboxylic acids is 1. The number of hydrogen-bond acceptors (Lipinski definition) is 5. The number of aromatic nitrogens is 2. The van der Waals surface area contributed by atoms with Gasteiger partial charge in [-0.3, -0.25) is 4.79 Å². The Morgan fingerprint density at radius 1 is 1.56 bits per heavy atom. The molecule has 1 aliphatic carbocycles. The van der Waals surface area contributed by atoms with Crippen LogP contribution in [0.5, 0.6) is 0 Å². The van der Waals surface area contributed by atoms with Crippen molar-refractivity contribution in [1.82, 2.24) is 10.1 Å². The summed E-state index contributed by atoms with van der Waals surface area (Å²) in [6.45, 7) is 2.10. The first-order chi connectivity index (χ1) is 8.65. The van der Waals surface area contributed by atoms with Gasteiger partial charge in [-0.15, -0.1) is 0 Å². The van der Waals surface area contributed by atoms with E-state index >= 15 is 0 Å². The Hall–Kier alpha value is -1.04. The third-order valence-corrected chi connectivity index (χ3v) is 4.18. The molecule has 1 aromatic rings. The van der Waals surface area contributed by atoms with Gasteiger partial charge in [0.25, 0.3) is 0 Å². The van der Waals surface area contributed by atoms with Gasteiger partial charge in [-0.05, 0) is 25.0 Å². The van der Waals surface area contributed by atoms with Crippen LogP contribution in [-0.4, -0.2) is 27.5 Å². The minimum atomic E-state index is -0.749. The fourth-order valence-electron chi connectivity index (χ4n) is 2.63. The molecule has 2 rings (SSSR count). The van der Waals surface area contributed by atoms with E-state index in [-0.39, 0.29) is 11.8 Å². The van der Waals surface area contributed by atoms with Gasteiger partial charge in [-0.25, -0.2) is 0 Å². The monoisotopic (exact) mass is 270 g/mol. The third-order valence-electron chi connectivity index (χ3n) is 3.63. The predicted molar refractivity (Wildman–Crippen MR) is 68.4 cm³/mol. The van der Waals surface area contributed by atoms with E-state index in [2.05, 4.69) is 17.1 Å². The van der Waals surface area contributed by atoms with Gasteiger partial charge in [-0.2, -0.15) is 16.7 Å². The molecule has 1 fully saturated rings. The molecule has 5 nitrogen and oxygen atoms in total. The number of carboxylic acid groups (broad SMARTS) is 1. The van der Waals surface area contributed by atoms with Crippen molar-refractivity contribution in [2.24, 2.45) is 11.8 Å². The minimum absolute atomic E-state index is 0.115. The largest absolute Gasteiger partial charge is 0.481 e. The van der Waals surface area contributed by atoms with E-state index in [1.165, 1.54) is 0 Å². The Kier molecular flexibility index (Phi) is 4.27. The number of rotatable bonds is 5. The second-order valence-corrected chi connectivity index (χ2v) is 5.64. The average Bonchev–Trinajstić information content (AvgIpc) is 2.94. The lowest BCUT2D eigenvalue weighted by molar-refractivity contribution is -0.142. The van der Waals surface area contributed by atoms with Crippen LogP contribution in [0.15, 0.2) is 4.52 Å². The molecule has 1 aliphatic rings. The Labute approximate surface area is 110 Å². The normalized spacial score (nSPS) is 27.6. The molecular weight excluding hydrogens is 252 g/mol. The molecule has 3 atom stereocenters. The number of nitrogens with zero attached hydrogens (tertiary/aromatic N) is 2. The molecule has 0 radical (unpaired) electrons. The van der Waals surface area contributed by atoms with E-state index in [0.29, 0.717) is 23.4 Å². The summed E-state index contributed by atoms with van der Waals surface area (Å²) in [6, 6.07) is 0. The molecule has 18 heavy (non-hydrogen) atoms. The topological polar surface area (TPSA) is 76.2 Å². The molecule has 0 spiro atoms. The summed E-state index contributed by atoms with van der Waals surface area (Å²) < 4.78 is 5.24. The minimum Gasteiger partial charge on any atom is -0.481 e. The molecule has 6 heteroatoms. The molecule has 100 valence electrons. The highest BCUT2D eigenvalue weighted by Crippen LogP contribution is 2.43. The molecule has 1 N–H and O–H groups in total. The van der Waals surface area contributed by atoms with Crippen LogP contribution in [0.3, 0.4) is 0 Å². The number of carbonyl (C=O) groups is 1. The van der Waals surface area contributed by atoms with Crippen molar-refractivity contribution in [3.63, 3.8) is 0 Å². The fourth-order valence-corrected chi connectivity index (χ4v) is 3.00. The Bertz CT molecular complexity index is 421. The smallest absolute Gasteiger partial charge is 0.307 e. The highest BCUT2D eigenvalue weighted by atomic mass is 32.2. The van der Waals surface area contributed by atoms with Gasteiger partial charge in [0, 0.05) is 0 Å². The van der Waals surface area contributed by atoms with Crippen LogP contribution < -0.4 is 0 Å². The maximum Gasteiger partial charge on any atom is 0.307 e. The summed E-state index contributed by atoms with van der Waals surface area (Å²) in [4.78, 5) is 15.6. The standard InChI is InChI=1S/C12H18N2O3S/c1-3-7-4-8(9(5-7)12(15)16)11-13-10(6-18-2)14-17-11/h7-9H,3-6H2,1-2H3,(H,15,16). The van der Waals surface area contributed by atoms with Crippen molar-refractivity contribution in [2.75, 3.05) is 6.26 Å². The van der Waals surface area contributed by atoms with Crippen LogP contribution in [0.4, 0.5) is 0 Å². The molecule has 1 aromatic heterocycles. The van der Waals surface area contributed by atoms with Gasteiger partial charge < -0.3 is 9.63 Å². The van der Waals surface area contributed by atoms with Crippen LogP contribution in [0, 0.1) is 11.8 Å². The second-order valence-electron chi connectivity index (χ2n) is 4.78. The van der Waals surface area contributed by atoms with Crippen molar-refractivity contribution in [2.45, 2.75) is 37.9 Å². The number of aliphatic carboxylic acids is 1. The van der Waals surface area contributed by atoms with Crippen LogP contribution >= 0.6 is 11.8 Å². The SMILES string of the molecule is CCC1CC(C(=O)O)C(c2nc(CSC)no2)C1. The zero-order chi connectivity index (χ0) is 13.1. The molecule has 0 saturated heterocycles. The molecular formula is C12H18N2O3S. The highest BCUT2D eigenvalue weighted by Gasteiger charge is 2.41. The van der Waals surface area contributed by atoms with Crippen LogP contribution in [0.2, 0.25) is 0 Å². The summed E-state index contributed by atoms with van der Waals surface area (Å²) in [5.41, 5.74) is 0. The number of hydrogen-bond donors (Lipinski definition) is 1. The highest BCUT2D eigenvalue weighted by molar-refractivity contribution is 7.97. The second kappa shape index (κ2) is 5.73. The van der Waals surface area contributed by atoms with Crippen molar-refractivity contribution in [3.05, 3.63) is 11.7 Å². The summed E-state index contributed by atoms with van der Waals surface area (Å²) in [6.07, 6.45) is 4.54. The average molecular weight is 270 g/mol. The molecule has 3 unspecified atom stereocenters. The van der Waals surface area contributed by atoms with Gasteiger partial charge in [-0.1, -0.05) is 18.5 Å². The molecule has 0 aliphatic heterocycles. The van der Waals surface area contributed by atoms with Crippen LogP contribution in [-0.2, 0) is 10.5 Å². The molecule has 1 saturated carbocycles. The van der Waals surface area contributed by atoms with Crippen LogP contribution in [0.25, 0.3) is 0 Å². The van der Waals surface area contributed by atoms with Crippen molar-refractivity contribution < 1.29 is 14.4 Å². The Morgan fingerprint density at radius 2 is 2.33 bits per heavy atom. The van der Waals surface area contributed by atoms with Gasteiger partial charge in [0.2, 0.25) is 5.89 Å². The first-order valence-corrected chi connectivity index (χ1v) is 7.59. The molecule has 0 aromatic carbocycles. The maximum atomic E-state index is 11.3. The predicted octanol–water partition coefficient (Wildman–Crippen LogP) is 2.54. The van der Waals surface area contributed by atoms with Crippen molar-refractivity contribution >= 4 is 17.7 Å². The molecule has 0 amide bonds. The summed E-state index contributed by atoms with van der Waals surface area (Å²) >= 11 is 1.62. The van der Waals surface area contributed by atoms with E-state index in [1.807, 2.05) is 6.26 Å². The van der Waals surface area contributed by atoms with Crippen molar-refractivity contribution in [3.8, 4) is 0 Å². The zero-order valence-electron chi connectivity index (χ0n) is 10.6. The van der Waals surface area contributed by atoms with E-state index in [4.69, 9.17) is 4.52 Å². The first kappa shape index (κ1) is 13.4. The molecule has 1 heterocycles. The lowest BCUT2D eigenvalue weighted by Gasteiger charge is -2.09. The lowest BCUT2D eigenvalue weighted by Crippen LogP contribution is -2.17. The van der Waals surface area contributed by atoms with Gasteiger partial charge in [0.1, 0.15) is 0 Å². The van der Waals surface area contributed by atoms with E-state index in [0.717, 1.165) is 19.3 Å². The lowest BCUT2D eigenvalue weighted by atomic mass is 9.96. The van der Waals surface area contributed by atoms with Gasteiger partial charge in [0.05, 0.1) is 17.6 Å². The molecule has 0 bridgehead atoms. The van der Waals surface area contributed by atoms with Crippen molar-refractivity contribution in [1.29, 1.82) is 0 Å². The summed E-state index contributed by atoms with van der Waals surface area (Å²) in [5, 5.41) is 13.2. The Morgan fingerprint density at radius 3 is 2.94 bits per heavy atom. The first-order valence-electron chi connectivity index (χ1n) is 6.19. The summed E-state index contributed by atoms with van der Waals surface area (Å²) in [5.74, 6) is 1.06.